The highest BCUT2D eigenvalue weighted by Crippen LogP contribution is 2.23. The predicted molar refractivity (Wildman–Crippen MR) is 67.0 cm³/mol. The Hall–Kier alpha value is -1.81. The molecule has 80 valence electrons. The molecule has 2 rings (SSSR count). The van der Waals surface area contributed by atoms with Gasteiger partial charge in [-0.1, -0.05) is 42.5 Å². The van der Waals surface area contributed by atoms with Crippen molar-refractivity contribution in [3.63, 3.8) is 0 Å². The zero-order valence-corrected chi connectivity index (χ0v) is 9.70. The standard InChI is InChI=1S/C15H15N/c1-15(2,11-16)10-12-7-8-13-5-3-4-6-14(13)9-12/h3-9H,10H2,1-2H3. The normalized spacial score (nSPS) is 11.3. The van der Waals surface area contributed by atoms with Crippen LogP contribution in [0.25, 0.3) is 10.8 Å². The van der Waals surface area contributed by atoms with Gasteiger partial charge in [0.15, 0.2) is 0 Å². The molecule has 2 aromatic rings. The first-order chi connectivity index (χ1) is 7.61. The molecule has 0 aromatic heterocycles. The fourth-order valence-electron chi connectivity index (χ4n) is 1.90. The lowest BCUT2D eigenvalue weighted by Gasteiger charge is -2.15. The Balaban J connectivity index is 2.37. The lowest BCUT2D eigenvalue weighted by molar-refractivity contribution is 0.494. The second-order valence-corrected chi connectivity index (χ2v) is 4.85. The summed E-state index contributed by atoms with van der Waals surface area (Å²) in [6, 6.07) is 17.0. The van der Waals surface area contributed by atoms with Crippen LogP contribution in [0, 0.1) is 16.7 Å². The summed E-state index contributed by atoms with van der Waals surface area (Å²) in [5.41, 5.74) is 0.938. The van der Waals surface area contributed by atoms with Gasteiger partial charge in [0.25, 0.3) is 0 Å². The second-order valence-electron chi connectivity index (χ2n) is 4.85. The minimum Gasteiger partial charge on any atom is -0.198 e. The van der Waals surface area contributed by atoms with Crippen LogP contribution < -0.4 is 0 Å². The van der Waals surface area contributed by atoms with Crippen LogP contribution >= 0.6 is 0 Å². The molecule has 0 spiro atoms. The van der Waals surface area contributed by atoms with Crippen molar-refractivity contribution in [2.45, 2.75) is 20.3 Å². The lowest BCUT2D eigenvalue weighted by atomic mass is 9.87. The molecular weight excluding hydrogens is 194 g/mol. The van der Waals surface area contributed by atoms with Crippen molar-refractivity contribution in [3.8, 4) is 6.07 Å². The quantitative estimate of drug-likeness (QED) is 0.735. The summed E-state index contributed by atoms with van der Waals surface area (Å²) < 4.78 is 0. The Morgan fingerprint density at radius 3 is 2.44 bits per heavy atom. The Bertz CT molecular complexity index is 547. The van der Waals surface area contributed by atoms with Crippen molar-refractivity contribution in [1.82, 2.24) is 0 Å². The third kappa shape index (κ3) is 2.23. The van der Waals surface area contributed by atoms with Crippen LogP contribution in [-0.4, -0.2) is 0 Å². The molecule has 0 aliphatic carbocycles. The molecule has 1 heteroatoms. The van der Waals surface area contributed by atoms with Gasteiger partial charge >= 0.3 is 0 Å². The maximum Gasteiger partial charge on any atom is 0.0687 e. The molecule has 2 aromatic carbocycles. The molecule has 0 bridgehead atoms. The number of nitrogens with zero attached hydrogens (tertiary/aromatic N) is 1. The molecule has 0 radical (unpaired) electrons. The first kappa shape index (κ1) is 10.7. The van der Waals surface area contributed by atoms with E-state index >= 15 is 0 Å². The van der Waals surface area contributed by atoms with E-state index in [1.54, 1.807) is 0 Å². The maximum atomic E-state index is 9.02. The summed E-state index contributed by atoms with van der Waals surface area (Å²) in [5, 5.41) is 11.5. The maximum absolute atomic E-state index is 9.02. The minimum absolute atomic E-state index is 0.289. The van der Waals surface area contributed by atoms with Crippen molar-refractivity contribution in [2.75, 3.05) is 0 Å². The van der Waals surface area contributed by atoms with E-state index in [0.29, 0.717) is 0 Å². The van der Waals surface area contributed by atoms with Gasteiger partial charge in [0, 0.05) is 0 Å². The molecule has 1 nitrogen and oxygen atoms in total. The van der Waals surface area contributed by atoms with Crippen molar-refractivity contribution in [2.24, 2.45) is 5.41 Å². The van der Waals surface area contributed by atoms with Gasteiger partial charge in [-0.25, -0.2) is 0 Å². The SMILES string of the molecule is CC(C)(C#N)Cc1ccc2ccccc2c1. The summed E-state index contributed by atoms with van der Waals surface area (Å²) in [7, 11) is 0. The van der Waals surface area contributed by atoms with E-state index in [4.69, 9.17) is 5.26 Å². The minimum atomic E-state index is -0.289. The monoisotopic (exact) mass is 209 g/mol. The number of benzene rings is 2. The average molecular weight is 209 g/mol. The molecule has 0 saturated heterocycles. The van der Waals surface area contributed by atoms with Crippen molar-refractivity contribution in [3.05, 3.63) is 48.0 Å². The third-order valence-electron chi connectivity index (χ3n) is 2.76. The summed E-state index contributed by atoms with van der Waals surface area (Å²) in [4.78, 5) is 0. The third-order valence-corrected chi connectivity index (χ3v) is 2.76. The number of rotatable bonds is 2. The molecule has 0 amide bonds. The Kier molecular flexibility index (Phi) is 2.66. The zero-order chi connectivity index (χ0) is 11.6. The fraction of sp³-hybridized carbons (Fsp3) is 0.267. The van der Waals surface area contributed by atoms with Gasteiger partial charge in [-0.15, -0.1) is 0 Å². The van der Waals surface area contributed by atoms with E-state index in [1.807, 2.05) is 26.0 Å². The van der Waals surface area contributed by atoms with E-state index < -0.39 is 0 Å². The highest BCUT2D eigenvalue weighted by atomic mass is 14.3. The molecule has 0 fully saturated rings. The van der Waals surface area contributed by atoms with E-state index in [1.165, 1.54) is 16.3 Å². The summed E-state index contributed by atoms with van der Waals surface area (Å²) in [6.45, 7) is 3.95. The first-order valence-electron chi connectivity index (χ1n) is 5.50. The van der Waals surface area contributed by atoms with E-state index in [2.05, 4.69) is 36.4 Å². The Labute approximate surface area is 96.3 Å². The van der Waals surface area contributed by atoms with Gasteiger partial charge in [-0.2, -0.15) is 5.26 Å². The van der Waals surface area contributed by atoms with Gasteiger partial charge in [0.2, 0.25) is 0 Å². The molecule has 0 unspecified atom stereocenters. The Morgan fingerprint density at radius 2 is 1.75 bits per heavy atom. The summed E-state index contributed by atoms with van der Waals surface area (Å²) in [5.74, 6) is 0. The van der Waals surface area contributed by atoms with Crippen LogP contribution in [0.2, 0.25) is 0 Å². The number of nitriles is 1. The average Bonchev–Trinajstić information content (AvgIpc) is 2.28. The van der Waals surface area contributed by atoms with Crippen molar-refractivity contribution in [1.29, 1.82) is 5.26 Å². The van der Waals surface area contributed by atoms with E-state index in [-0.39, 0.29) is 5.41 Å². The molecule has 16 heavy (non-hydrogen) atoms. The van der Waals surface area contributed by atoms with Gasteiger partial charge in [0.05, 0.1) is 11.5 Å². The summed E-state index contributed by atoms with van der Waals surface area (Å²) in [6.07, 6.45) is 0.800. The fourth-order valence-corrected chi connectivity index (χ4v) is 1.90. The van der Waals surface area contributed by atoms with Crippen LogP contribution in [0.5, 0.6) is 0 Å². The van der Waals surface area contributed by atoms with Gasteiger partial charge in [0.1, 0.15) is 0 Å². The van der Waals surface area contributed by atoms with Crippen molar-refractivity contribution < 1.29 is 0 Å². The van der Waals surface area contributed by atoms with Gasteiger partial charge in [-0.05, 0) is 36.6 Å². The molecule has 0 aliphatic heterocycles. The number of hydrogen-bond donors (Lipinski definition) is 0. The smallest absolute Gasteiger partial charge is 0.0687 e. The lowest BCUT2D eigenvalue weighted by Crippen LogP contribution is -2.11. The summed E-state index contributed by atoms with van der Waals surface area (Å²) >= 11 is 0. The highest BCUT2D eigenvalue weighted by molar-refractivity contribution is 5.83. The van der Waals surface area contributed by atoms with Crippen molar-refractivity contribution >= 4 is 10.8 Å². The topological polar surface area (TPSA) is 23.8 Å². The highest BCUT2D eigenvalue weighted by Gasteiger charge is 2.17. The van der Waals surface area contributed by atoms with Crippen LogP contribution in [0.1, 0.15) is 19.4 Å². The molecule has 0 heterocycles. The van der Waals surface area contributed by atoms with Gasteiger partial charge < -0.3 is 0 Å². The molecule has 0 atom stereocenters. The molecular formula is C15H15N. The van der Waals surface area contributed by atoms with E-state index in [0.717, 1.165) is 6.42 Å². The number of fused-ring (bicyclic) bond motifs is 1. The Morgan fingerprint density at radius 1 is 1.06 bits per heavy atom. The van der Waals surface area contributed by atoms with Gasteiger partial charge in [-0.3, -0.25) is 0 Å². The number of hydrogen-bond acceptors (Lipinski definition) is 1. The van der Waals surface area contributed by atoms with Crippen LogP contribution in [0.4, 0.5) is 0 Å². The molecule has 0 N–H and O–H groups in total. The van der Waals surface area contributed by atoms with E-state index in [9.17, 15) is 0 Å². The second kappa shape index (κ2) is 3.98. The van der Waals surface area contributed by atoms with Crippen LogP contribution in [-0.2, 0) is 6.42 Å². The predicted octanol–water partition coefficient (Wildman–Crippen LogP) is 3.93. The molecule has 0 saturated carbocycles. The van der Waals surface area contributed by atoms with Crippen LogP contribution in [0.15, 0.2) is 42.5 Å². The largest absolute Gasteiger partial charge is 0.198 e. The van der Waals surface area contributed by atoms with Crippen LogP contribution in [0.3, 0.4) is 0 Å². The first-order valence-corrected chi connectivity index (χ1v) is 5.50. The zero-order valence-electron chi connectivity index (χ0n) is 9.70. The molecule has 0 aliphatic rings.